The van der Waals surface area contributed by atoms with Crippen molar-refractivity contribution in [2.24, 2.45) is 0 Å². The molecule has 0 spiro atoms. The normalized spacial score (nSPS) is 10.9. The highest BCUT2D eigenvalue weighted by Crippen LogP contribution is 2.18. The number of benzene rings is 2. The molecule has 0 aliphatic heterocycles. The van der Waals surface area contributed by atoms with E-state index in [-0.39, 0.29) is 5.56 Å². The van der Waals surface area contributed by atoms with Crippen LogP contribution in [-0.4, -0.2) is 16.2 Å². The van der Waals surface area contributed by atoms with Crippen LogP contribution in [0.1, 0.15) is 19.8 Å². The molecule has 0 aliphatic rings. The van der Waals surface area contributed by atoms with Crippen LogP contribution in [0.3, 0.4) is 0 Å². The van der Waals surface area contributed by atoms with Gasteiger partial charge in [-0.2, -0.15) is 0 Å². The molecule has 23 heavy (non-hydrogen) atoms. The molecule has 1 heterocycles. The number of aromatic nitrogens is 2. The third kappa shape index (κ3) is 3.45. The van der Waals surface area contributed by atoms with Crippen LogP contribution < -0.4 is 10.3 Å². The van der Waals surface area contributed by atoms with Crippen molar-refractivity contribution in [3.05, 3.63) is 63.6 Å². The SMILES string of the molecule is CCCCOc1ccc2ncn(-c3ccc(Br)cc3)c(=O)c2c1. The van der Waals surface area contributed by atoms with Gasteiger partial charge < -0.3 is 4.74 Å². The van der Waals surface area contributed by atoms with Crippen molar-refractivity contribution in [3.8, 4) is 11.4 Å². The average molecular weight is 373 g/mol. The summed E-state index contributed by atoms with van der Waals surface area (Å²) in [5.41, 5.74) is 1.36. The van der Waals surface area contributed by atoms with Crippen LogP contribution in [0.15, 0.2) is 58.1 Å². The molecule has 0 fully saturated rings. The van der Waals surface area contributed by atoms with E-state index in [1.807, 2.05) is 36.4 Å². The monoisotopic (exact) mass is 372 g/mol. The third-order valence-corrected chi connectivity index (χ3v) is 4.13. The predicted molar refractivity (Wildman–Crippen MR) is 95.4 cm³/mol. The Kier molecular flexibility index (Phi) is 4.76. The van der Waals surface area contributed by atoms with Gasteiger partial charge in [-0.3, -0.25) is 9.36 Å². The molecule has 0 aliphatic carbocycles. The first-order valence-corrected chi connectivity index (χ1v) is 8.38. The standard InChI is InChI=1S/C18H17BrN2O2/c1-2-3-10-23-15-8-9-17-16(11-15)18(22)21(12-20-17)14-6-4-13(19)5-7-14/h4-9,11-12H,2-3,10H2,1H3. The van der Waals surface area contributed by atoms with Gasteiger partial charge in [0.2, 0.25) is 0 Å². The smallest absolute Gasteiger partial charge is 0.265 e. The summed E-state index contributed by atoms with van der Waals surface area (Å²) in [6.45, 7) is 2.77. The van der Waals surface area contributed by atoms with E-state index in [4.69, 9.17) is 4.74 Å². The van der Waals surface area contributed by atoms with Gasteiger partial charge in [0.15, 0.2) is 0 Å². The van der Waals surface area contributed by atoms with Crippen LogP contribution in [0.5, 0.6) is 5.75 Å². The van der Waals surface area contributed by atoms with Gasteiger partial charge in [-0.15, -0.1) is 0 Å². The van der Waals surface area contributed by atoms with Crippen LogP contribution in [0.25, 0.3) is 16.6 Å². The molecule has 2 aromatic carbocycles. The van der Waals surface area contributed by atoms with E-state index in [1.165, 1.54) is 0 Å². The van der Waals surface area contributed by atoms with Crippen LogP contribution in [-0.2, 0) is 0 Å². The summed E-state index contributed by atoms with van der Waals surface area (Å²) in [5.74, 6) is 0.707. The molecule has 1 aromatic heterocycles. The van der Waals surface area contributed by atoms with Crippen LogP contribution >= 0.6 is 15.9 Å². The number of ether oxygens (including phenoxy) is 1. The molecule has 0 N–H and O–H groups in total. The summed E-state index contributed by atoms with van der Waals surface area (Å²) in [5, 5.41) is 0.560. The number of rotatable bonds is 5. The molecular weight excluding hydrogens is 356 g/mol. The van der Waals surface area contributed by atoms with Crippen molar-refractivity contribution < 1.29 is 4.74 Å². The predicted octanol–water partition coefficient (Wildman–Crippen LogP) is 4.33. The minimum absolute atomic E-state index is 0.0988. The lowest BCUT2D eigenvalue weighted by Gasteiger charge is -2.09. The molecular formula is C18H17BrN2O2. The fourth-order valence-corrected chi connectivity index (χ4v) is 2.58. The van der Waals surface area contributed by atoms with E-state index in [1.54, 1.807) is 17.0 Å². The number of fused-ring (bicyclic) bond motifs is 1. The molecule has 0 radical (unpaired) electrons. The first-order valence-electron chi connectivity index (χ1n) is 7.59. The summed E-state index contributed by atoms with van der Waals surface area (Å²) in [6.07, 6.45) is 3.63. The Bertz CT molecular complexity index is 872. The van der Waals surface area contributed by atoms with Gasteiger partial charge in [0.1, 0.15) is 12.1 Å². The maximum atomic E-state index is 12.8. The van der Waals surface area contributed by atoms with Crippen molar-refractivity contribution in [2.45, 2.75) is 19.8 Å². The van der Waals surface area contributed by atoms with Gasteiger partial charge in [0.25, 0.3) is 5.56 Å². The minimum Gasteiger partial charge on any atom is -0.494 e. The Labute approximate surface area is 142 Å². The highest BCUT2D eigenvalue weighted by Gasteiger charge is 2.07. The van der Waals surface area contributed by atoms with Crippen LogP contribution in [0, 0.1) is 0 Å². The molecule has 3 aromatic rings. The summed E-state index contributed by atoms with van der Waals surface area (Å²) in [4.78, 5) is 17.1. The number of nitrogens with zero attached hydrogens (tertiary/aromatic N) is 2. The zero-order valence-electron chi connectivity index (χ0n) is 12.8. The summed E-state index contributed by atoms with van der Waals surface area (Å²) < 4.78 is 8.20. The first-order chi connectivity index (χ1) is 11.2. The molecule has 4 nitrogen and oxygen atoms in total. The molecule has 0 saturated heterocycles. The average Bonchev–Trinajstić information content (AvgIpc) is 2.57. The summed E-state index contributed by atoms with van der Waals surface area (Å²) in [6, 6.07) is 13.0. The third-order valence-electron chi connectivity index (χ3n) is 3.60. The van der Waals surface area contributed by atoms with Crippen molar-refractivity contribution >= 4 is 26.8 Å². The molecule has 0 unspecified atom stereocenters. The molecule has 0 atom stereocenters. The Balaban J connectivity index is 2.02. The Morgan fingerprint density at radius 3 is 2.70 bits per heavy atom. The van der Waals surface area contributed by atoms with E-state index < -0.39 is 0 Å². The van der Waals surface area contributed by atoms with E-state index in [0.29, 0.717) is 23.3 Å². The Morgan fingerprint density at radius 2 is 1.96 bits per heavy atom. The zero-order chi connectivity index (χ0) is 16.2. The number of halogens is 1. The van der Waals surface area contributed by atoms with Crippen molar-refractivity contribution in [1.29, 1.82) is 0 Å². The topological polar surface area (TPSA) is 44.1 Å². The van der Waals surface area contributed by atoms with E-state index in [2.05, 4.69) is 27.8 Å². The number of hydrogen-bond donors (Lipinski definition) is 0. The van der Waals surface area contributed by atoms with E-state index >= 15 is 0 Å². The van der Waals surface area contributed by atoms with Gasteiger partial charge >= 0.3 is 0 Å². The Morgan fingerprint density at radius 1 is 1.17 bits per heavy atom. The molecule has 5 heteroatoms. The van der Waals surface area contributed by atoms with Crippen molar-refractivity contribution in [2.75, 3.05) is 6.61 Å². The van der Waals surface area contributed by atoms with Crippen molar-refractivity contribution in [3.63, 3.8) is 0 Å². The zero-order valence-corrected chi connectivity index (χ0v) is 14.4. The van der Waals surface area contributed by atoms with Gasteiger partial charge in [-0.25, -0.2) is 4.98 Å². The van der Waals surface area contributed by atoms with E-state index in [9.17, 15) is 4.79 Å². The molecule has 0 amide bonds. The van der Waals surface area contributed by atoms with Gasteiger partial charge in [-0.05, 0) is 48.9 Å². The second-order valence-corrected chi connectivity index (χ2v) is 6.19. The second-order valence-electron chi connectivity index (χ2n) is 5.28. The highest BCUT2D eigenvalue weighted by molar-refractivity contribution is 9.10. The van der Waals surface area contributed by atoms with Gasteiger partial charge in [0.05, 0.1) is 23.2 Å². The van der Waals surface area contributed by atoms with Crippen LogP contribution in [0.4, 0.5) is 0 Å². The van der Waals surface area contributed by atoms with Crippen molar-refractivity contribution in [1.82, 2.24) is 9.55 Å². The largest absolute Gasteiger partial charge is 0.494 e. The lowest BCUT2D eigenvalue weighted by atomic mass is 10.2. The maximum Gasteiger partial charge on any atom is 0.265 e. The minimum atomic E-state index is -0.0988. The Hall–Kier alpha value is -2.14. The summed E-state index contributed by atoms with van der Waals surface area (Å²) in [7, 11) is 0. The lowest BCUT2D eigenvalue weighted by molar-refractivity contribution is 0.310. The first kappa shape index (κ1) is 15.7. The fourth-order valence-electron chi connectivity index (χ4n) is 2.31. The molecule has 3 rings (SSSR count). The molecule has 0 saturated carbocycles. The molecule has 0 bridgehead atoms. The molecule has 118 valence electrons. The number of unbranched alkanes of at least 4 members (excludes halogenated alkanes) is 1. The maximum absolute atomic E-state index is 12.8. The fraction of sp³-hybridized carbons (Fsp3) is 0.222. The second kappa shape index (κ2) is 6.96. The highest BCUT2D eigenvalue weighted by atomic mass is 79.9. The summed E-state index contributed by atoms with van der Waals surface area (Å²) >= 11 is 3.40. The van der Waals surface area contributed by atoms with E-state index in [0.717, 1.165) is 23.0 Å². The lowest BCUT2D eigenvalue weighted by Crippen LogP contribution is -2.18. The van der Waals surface area contributed by atoms with Gasteiger partial charge in [0, 0.05) is 4.47 Å². The number of hydrogen-bond acceptors (Lipinski definition) is 3. The van der Waals surface area contributed by atoms with Crippen LogP contribution in [0.2, 0.25) is 0 Å². The quantitative estimate of drug-likeness (QED) is 0.626. The van der Waals surface area contributed by atoms with Gasteiger partial charge in [-0.1, -0.05) is 29.3 Å².